The molecule has 0 aromatic heterocycles. The third-order valence-corrected chi connectivity index (χ3v) is 9.11. The molecule has 1 amide bonds. The molecule has 0 radical (unpaired) electrons. The summed E-state index contributed by atoms with van der Waals surface area (Å²) in [6.07, 6.45) is 1.05. The molecule has 0 aromatic rings. The zero-order chi connectivity index (χ0) is 22.3. The van der Waals surface area contributed by atoms with E-state index in [1.54, 1.807) is 26.8 Å². The fraction of sp³-hybridized carbons (Fsp3) is 0.789. The predicted molar refractivity (Wildman–Crippen MR) is 113 cm³/mol. The van der Waals surface area contributed by atoms with E-state index in [1.165, 1.54) is 6.92 Å². The number of ether oxygens (including phenoxy) is 1. The first-order valence-electron chi connectivity index (χ1n) is 9.38. The maximum atomic E-state index is 12.5. The van der Waals surface area contributed by atoms with Crippen LogP contribution in [0.1, 0.15) is 54.9 Å². The number of nitrogens with zero attached hydrogens (tertiary/aromatic N) is 3. The smallest absolute Gasteiger partial charge is 0.315 e. The van der Waals surface area contributed by atoms with Gasteiger partial charge in [-0.05, 0) is 50.9 Å². The molecule has 0 saturated carbocycles. The van der Waals surface area contributed by atoms with E-state index in [4.69, 9.17) is 14.7 Å². The number of carbonyl (C=O) groups is 2. The minimum Gasteiger partial charge on any atom is -0.460 e. The third kappa shape index (κ3) is 8.90. The van der Waals surface area contributed by atoms with Crippen molar-refractivity contribution in [3.8, 4) is 0 Å². The second-order valence-electron chi connectivity index (χ2n) is 9.37. The van der Waals surface area contributed by atoms with Crippen molar-refractivity contribution in [2.75, 3.05) is 0 Å². The largest absolute Gasteiger partial charge is 0.460 e. The average Bonchev–Trinajstić information content (AvgIpc) is 2.48. The van der Waals surface area contributed by atoms with Gasteiger partial charge in [0, 0.05) is 11.8 Å². The van der Waals surface area contributed by atoms with Crippen LogP contribution in [0.5, 0.6) is 0 Å². The van der Waals surface area contributed by atoms with Crippen molar-refractivity contribution in [2.45, 2.75) is 96.8 Å². The van der Waals surface area contributed by atoms with Crippen LogP contribution >= 0.6 is 0 Å². The Morgan fingerprint density at radius 2 is 1.79 bits per heavy atom. The molecule has 0 fully saturated rings. The van der Waals surface area contributed by atoms with E-state index in [0.29, 0.717) is 0 Å². The summed E-state index contributed by atoms with van der Waals surface area (Å²) in [4.78, 5) is 27.0. The first kappa shape index (κ1) is 26.2. The Balaban J connectivity index is 5.86. The number of hydrogen-bond donors (Lipinski definition) is 1. The van der Waals surface area contributed by atoms with Crippen molar-refractivity contribution >= 4 is 20.2 Å². The van der Waals surface area contributed by atoms with Gasteiger partial charge in [0.1, 0.15) is 11.6 Å². The van der Waals surface area contributed by atoms with E-state index in [2.05, 4.69) is 55.8 Å². The highest BCUT2D eigenvalue weighted by molar-refractivity contribution is 6.74. The fourth-order valence-corrected chi connectivity index (χ4v) is 3.56. The minimum atomic E-state index is -2.26. The van der Waals surface area contributed by atoms with Crippen LogP contribution in [0.3, 0.4) is 0 Å². The fourth-order valence-electron chi connectivity index (χ4n) is 2.20. The summed E-state index contributed by atoms with van der Waals surface area (Å²) in [5.74, 6) is -0.869. The molecule has 0 rings (SSSR count). The molecule has 0 spiro atoms. The van der Waals surface area contributed by atoms with Gasteiger partial charge < -0.3 is 14.5 Å². The summed E-state index contributed by atoms with van der Waals surface area (Å²) >= 11 is 0. The second kappa shape index (κ2) is 10.1. The van der Waals surface area contributed by atoms with E-state index in [-0.39, 0.29) is 17.4 Å². The van der Waals surface area contributed by atoms with Gasteiger partial charge in [-0.3, -0.25) is 9.59 Å². The average molecular weight is 413 g/mol. The van der Waals surface area contributed by atoms with Crippen molar-refractivity contribution in [2.24, 2.45) is 5.11 Å². The third-order valence-electron chi connectivity index (χ3n) is 4.60. The van der Waals surface area contributed by atoms with E-state index < -0.39 is 38.1 Å². The van der Waals surface area contributed by atoms with Gasteiger partial charge in [-0.1, -0.05) is 32.0 Å². The Labute approximate surface area is 169 Å². The molecule has 0 heterocycles. The number of esters is 1. The summed E-state index contributed by atoms with van der Waals surface area (Å²) in [6, 6.07) is -1.61. The highest BCUT2D eigenvalue weighted by Crippen LogP contribution is 2.38. The molecule has 0 saturated heterocycles. The summed E-state index contributed by atoms with van der Waals surface area (Å²) in [5.41, 5.74) is 8.21. The molecule has 0 bridgehead atoms. The Kier molecular flexibility index (Phi) is 9.43. The first-order valence-corrected chi connectivity index (χ1v) is 12.3. The van der Waals surface area contributed by atoms with Crippen molar-refractivity contribution in [1.29, 1.82) is 0 Å². The highest BCUT2D eigenvalue weighted by Gasteiger charge is 2.42. The van der Waals surface area contributed by atoms with E-state index in [0.717, 1.165) is 0 Å². The van der Waals surface area contributed by atoms with Gasteiger partial charge in [-0.15, -0.1) is 6.58 Å². The summed E-state index contributed by atoms with van der Waals surface area (Å²) in [6.45, 7) is 20.8. The number of carbonyl (C=O) groups excluding carboxylic acids is 2. The van der Waals surface area contributed by atoms with E-state index in [1.807, 2.05) is 0 Å². The summed E-state index contributed by atoms with van der Waals surface area (Å²) in [5, 5.41) is 6.33. The Morgan fingerprint density at radius 3 is 2.14 bits per heavy atom. The standard InChI is InChI=1S/C19H36N4O4Si/c1-11-14(21-13(2)24)16(27-28(9,10)19(6,7)8)12-15(22-23-20)17(25)26-18(3,4)5/h11,14-16H,1,12H2,2-10H3,(H,21,24)/t14-,15-,16-/m0/s1. The molecule has 1 N–H and O–H groups in total. The number of azide groups is 1. The van der Waals surface area contributed by atoms with Crippen LogP contribution in [-0.2, 0) is 18.8 Å². The molecule has 28 heavy (non-hydrogen) atoms. The molecule has 160 valence electrons. The van der Waals surface area contributed by atoms with Crippen LogP contribution in [0.2, 0.25) is 18.1 Å². The number of rotatable bonds is 9. The molecule has 0 aromatic carbocycles. The van der Waals surface area contributed by atoms with Crippen LogP contribution in [0, 0.1) is 0 Å². The minimum absolute atomic E-state index is 0.0719. The molecule has 0 unspecified atom stereocenters. The normalized spacial score (nSPS) is 15.6. The Bertz CT molecular complexity index is 616. The molecule has 0 aliphatic rings. The molecule has 0 aliphatic carbocycles. The zero-order valence-corrected chi connectivity index (χ0v) is 19.7. The first-order chi connectivity index (χ1) is 12.5. The maximum absolute atomic E-state index is 12.5. The van der Waals surface area contributed by atoms with Crippen LogP contribution in [0.15, 0.2) is 17.8 Å². The van der Waals surface area contributed by atoms with Crippen molar-refractivity contribution in [3.63, 3.8) is 0 Å². The number of nitrogens with one attached hydrogen (secondary N) is 1. The summed E-state index contributed by atoms with van der Waals surface area (Å²) in [7, 11) is -2.26. The Hall–Kier alpha value is -1.83. The van der Waals surface area contributed by atoms with Gasteiger partial charge in [0.15, 0.2) is 8.32 Å². The van der Waals surface area contributed by atoms with Crippen LogP contribution < -0.4 is 5.32 Å². The van der Waals surface area contributed by atoms with Gasteiger partial charge in [0.05, 0.1) is 12.1 Å². The highest BCUT2D eigenvalue weighted by atomic mass is 28.4. The lowest BCUT2D eigenvalue weighted by Crippen LogP contribution is -2.52. The van der Waals surface area contributed by atoms with Crippen molar-refractivity contribution < 1.29 is 18.8 Å². The molecule has 0 aliphatic heterocycles. The lowest BCUT2D eigenvalue weighted by molar-refractivity contribution is -0.157. The van der Waals surface area contributed by atoms with Gasteiger partial charge in [-0.25, -0.2) is 0 Å². The van der Waals surface area contributed by atoms with E-state index >= 15 is 0 Å². The Morgan fingerprint density at radius 1 is 1.25 bits per heavy atom. The van der Waals surface area contributed by atoms with Crippen LogP contribution in [-0.4, -0.2) is 44.0 Å². The zero-order valence-electron chi connectivity index (χ0n) is 18.7. The lowest BCUT2D eigenvalue weighted by atomic mass is 10.0. The monoisotopic (exact) mass is 412 g/mol. The topological polar surface area (TPSA) is 113 Å². The van der Waals surface area contributed by atoms with Gasteiger partial charge in [-0.2, -0.15) is 0 Å². The SMILES string of the molecule is C=C[C@H](NC(C)=O)[C@H](C[C@H](N=[N+]=[N-])C(=O)OC(C)(C)C)O[Si](C)(C)C(C)(C)C. The second-order valence-corrected chi connectivity index (χ2v) is 14.1. The van der Waals surface area contributed by atoms with Gasteiger partial charge in [0.25, 0.3) is 0 Å². The maximum Gasteiger partial charge on any atom is 0.315 e. The molecular weight excluding hydrogens is 376 g/mol. The van der Waals surface area contributed by atoms with Gasteiger partial charge in [0.2, 0.25) is 5.91 Å². The lowest BCUT2D eigenvalue weighted by Gasteiger charge is -2.41. The predicted octanol–water partition coefficient (Wildman–Crippen LogP) is 4.48. The molecular formula is C19H36N4O4Si. The van der Waals surface area contributed by atoms with Gasteiger partial charge >= 0.3 is 5.97 Å². The van der Waals surface area contributed by atoms with Crippen LogP contribution in [0.4, 0.5) is 0 Å². The molecule has 3 atom stereocenters. The molecule has 9 heteroatoms. The number of hydrogen-bond acceptors (Lipinski definition) is 5. The quantitative estimate of drug-likeness (QED) is 0.150. The number of amides is 1. The van der Waals surface area contributed by atoms with Crippen molar-refractivity contribution in [1.82, 2.24) is 5.32 Å². The summed E-state index contributed by atoms with van der Waals surface area (Å²) < 4.78 is 11.9. The van der Waals surface area contributed by atoms with Crippen molar-refractivity contribution in [3.05, 3.63) is 23.1 Å². The molecule has 8 nitrogen and oxygen atoms in total. The van der Waals surface area contributed by atoms with Crippen LogP contribution in [0.25, 0.3) is 10.4 Å². The van der Waals surface area contributed by atoms with E-state index in [9.17, 15) is 9.59 Å².